The summed E-state index contributed by atoms with van der Waals surface area (Å²) in [4.78, 5) is 3.31. The van der Waals surface area contributed by atoms with E-state index in [4.69, 9.17) is 17.0 Å². The molecule has 0 saturated heterocycles. The Morgan fingerprint density at radius 3 is 2.94 bits per heavy atom. The first-order valence-corrected chi connectivity index (χ1v) is 7.34. The Labute approximate surface area is 120 Å². The number of thiocarbonyl (C=S) groups is 1. The Morgan fingerprint density at radius 2 is 2.41 bits per heavy atom. The van der Waals surface area contributed by atoms with Gasteiger partial charge >= 0.3 is 0 Å². The average Bonchev–Trinajstić information content (AvgIpc) is 2.64. The number of nitrogens with one attached hydrogen (secondary N) is 1. The van der Waals surface area contributed by atoms with Crippen LogP contribution in [0.1, 0.15) is 11.8 Å². The molecule has 0 aliphatic rings. The number of methoxy groups -OCH3 is 1. The van der Waals surface area contributed by atoms with Crippen LogP contribution in [0.4, 0.5) is 0 Å². The van der Waals surface area contributed by atoms with E-state index in [1.165, 1.54) is 4.88 Å². The molecule has 0 bridgehead atoms. The summed E-state index contributed by atoms with van der Waals surface area (Å²) in [5, 5.41) is 6.06. The standard InChI is InChI=1S/C11H17BrN2OS2/c1-8(6-15-3)13-11(16)14(2)5-10-4-9(12)7-17-10/h4,7-8H,5-6H2,1-3H3,(H,13,16). The highest BCUT2D eigenvalue weighted by atomic mass is 79.9. The molecule has 1 aromatic rings. The van der Waals surface area contributed by atoms with E-state index in [2.05, 4.69) is 32.7 Å². The second-order valence-corrected chi connectivity index (χ2v) is 6.19. The summed E-state index contributed by atoms with van der Waals surface area (Å²) in [6.07, 6.45) is 0. The van der Waals surface area contributed by atoms with Gasteiger partial charge in [-0.3, -0.25) is 0 Å². The Morgan fingerprint density at radius 1 is 1.71 bits per heavy atom. The third-order valence-corrected chi connectivity index (χ3v) is 4.26. The van der Waals surface area contributed by atoms with Crippen molar-refractivity contribution in [3.05, 3.63) is 20.8 Å². The van der Waals surface area contributed by atoms with Crippen molar-refractivity contribution in [1.29, 1.82) is 0 Å². The van der Waals surface area contributed by atoms with E-state index in [-0.39, 0.29) is 6.04 Å². The summed E-state index contributed by atoms with van der Waals surface area (Å²) in [7, 11) is 3.68. The Balaban J connectivity index is 2.41. The second kappa shape index (κ2) is 7.31. The molecule has 1 aromatic heterocycles. The molecule has 0 aliphatic heterocycles. The maximum absolute atomic E-state index is 5.33. The van der Waals surface area contributed by atoms with Crippen molar-refractivity contribution >= 4 is 44.6 Å². The van der Waals surface area contributed by atoms with Crippen molar-refractivity contribution in [1.82, 2.24) is 10.2 Å². The molecule has 96 valence electrons. The summed E-state index contributed by atoms with van der Waals surface area (Å²) >= 11 is 10.5. The first-order chi connectivity index (χ1) is 8.02. The van der Waals surface area contributed by atoms with Crippen LogP contribution in [0, 0.1) is 0 Å². The van der Waals surface area contributed by atoms with Gasteiger partial charge in [-0.2, -0.15) is 0 Å². The molecule has 1 N–H and O–H groups in total. The number of nitrogens with zero attached hydrogens (tertiary/aromatic N) is 1. The topological polar surface area (TPSA) is 24.5 Å². The number of rotatable bonds is 5. The molecule has 1 atom stereocenters. The van der Waals surface area contributed by atoms with Gasteiger partial charge in [-0.05, 0) is 41.1 Å². The van der Waals surface area contributed by atoms with Gasteiger partial charge in [0.2, 0.25) is 0 Å². The molecule has 1 rings (SSSR count). The molecular weight excluding hydrogens is 320 g/mol. The number of hydrogen-bond acceptors (Lipinski definition) is 3. The van der Waals surface area contributed by atoms with Gasteiger partial charge in [0.25, 0.3) is 0 Å². The van der Waals surface area contributed by atoms with Crippen molar-refractivity contribution in [2.45, 2.75) is 19.5 Å². The molecule has 1 unspecified atom stereocenters. The van der Waals surface area contributed by atoms with Gasteiger partial charge in [-0.25, -0.2) is 0 Å². The van der Waals surface area contributed by atoms with Gasteiger partial charge in [-0.15, -0.1) is 11.3 Å². The minimum absolute atomic E-state index is 0.227. The van der Waals surface area contributed by atoms with Crippen LogP contribution in [0.5, 0.6) is 0 Å². The molecule has 17 heavy (non-hydrogen) atoms. The van der Waals surface area contributed by atoms with Gasteiger partial charge < -0.3 is 15.0 Å². The van der Waals surface area contributed by atoms with Gasteiger partial charge in [0.05, 0.1) is 13.2 Å². The zero-order valence-electron chi connectivity index (χ0n) is 10.2. The number of halogens is 1. The summed E-state index contributed by atoms with van der Waals surface area (Å²) in [6, 6.07) is 2.34. The lowest BCUT2D eigenvalue weighted by Gasteiger charge is -2.23. The smallest absolute Gasteiger partial charge is 0.169 e. The highest BCUT2D eigenvalue weighted by Gasteiger charge is 2.09. The number of hydrogen-bond donors (Lipinski definition) is 1. The van der Waals surface area contributed by atoms with Crippen LogP contribution < -0.4 is 5.32 Å². The van der Waals surface area contributed by atoms with Crippen molar-refractivity contribution < 1.29 is 4.74 Å². The monoisotopic (exact) mass is 336 g/mol. The van der Waals surface area contributed by atoms with Crippen molar-refractivity contribution in [2.24, 2.45) is 0 Å². The highest BCUT2D eigenvalue weighted by Crippen LogP contribution is 2.20. The molecule has 3 nitrogen and oxygen atoms in total. The zero-order valence-corrected chi connectivity index (χ0v) is 13.4. The molecule has 1 heterocycles. The zero-order chi connectivity index (χ0) is 12.8. The van der Waals surface area contributed by atoms with E-state index in [1.807, 2.05) is 18.9 Å². The third-order valence-electron chi connectivity index (χ3n) is 2.15. The van der Waals surface area contributed by atoms with Crippen LogP contribution in [-0.2, 0) is 11.3 Å². The summed E-state index contributed by atoms with van der Waals surface area (Å²) in [5.74, 6) is 0. The molecule has 0 amide bonds. The maximum Gasteiger partial charge on any atom is 0.169 e. The van der Waals surface area contributed by atoms with Gasteiger partial charge in [0, 0.05) is 34.9 Å². The largest absolute Gasteiger partial charge is 0.383 e. The van der Waals surface area contributed by atoms with E-state index in [0.29, 0.717) is 6.61 Å². The fraction of sp³-hybridized carbons (Fsp3) is 0.545. The van der Waals surface area contributed by atoms with Crippen LogP contribution in [-0.4, -0.2) is 36.8 Å². The molecular formula is C11H17BrN2OS2. The quantitative estimate of drug-likeness (QED) is 0.835. The SMILES string of the molecule is COCC(C)NC(=S)N(C)Cc1cc(Br)cs1. The first-order valence-electron chi connectivity index (χ1n) is 5.26. The Bertz CT molecular complexity index is 370. The van der Waals surface area contributed by atoms with Crippen molar-refractivity contribution in [2.75, 3.05) is 20.8 Å². The molecule has 0 radical (unpaired) electrons. The van der Waals surface area contributed by atoms with E-state index in [9.17, 15) is 0 Å². The number of thiophene rings is 1. The van der Waals surface area contributed by atoms with Crippen LogP contribution in [0.2, 0.25) is 0 Å². The molecule has 0 spiro atoms. The van der Waals surface area contributed by atoms with Gasteiger partial charge in [0.15, 0.2) is 5.11 Å². The van der Waals surface area contributed by atoms with E-state index in [1.54, 1.807) is 18.4 Å². The second-order valence-electron chi connectivity index (χ2n) is 3.89. The van der Waals surface area contributed by atoms with Crippen LogP contribution in [0.15, 0.2) is 15.9 Å². The molecule has 0 saturated carbocycles. The molecule has 0 aliphatic carbocycles. The van der Waals surface area contributed by atoms with Crippen LogP contribution >= 0.6 is 39.5 Å². The van der Waals surface area contributed by atoms with Gasteiger partial charge in [-0.1, -0.05) is 0 Å². The van der Waals surface area contributed by atoms with E-state index in [0.717, 1.165) is 16.1 Å². The minimum Gasteiger partial charge on any atom is -0.383 e. The first kappa shape index (κ1) is 14.9. The lowest BCUT2D eigenvalue weighted by molar-refractivity contribution is 0.178. The minimum atomic E-state index is 0.227. The lowest BCUT2D eigenvalue weighted by Crippen LogP contribution is -2.42. The predicted octanol–water partition coefficient (Wildman–Crippen LogP) is 2.85. The summed E-state index contributed by atoms with van der Waals surface area (Å²) in [5.41, 5.74) is 0. The van der Waals surface area contributed by atoms with Crippen LogP contribution in [0.3, 0.4) is 0 Å². The fourth-order valence-corrected chi connectivity index (χ4v) is 3.12. The van der Waals surface area contributed by atoms with Crippen molar-refractivity contribution in [3.8, 4) is 0 Å². The van der Waals surface area contributed by atoms with Crippen molar-refractivity contribution in [3.63, 3.8) is 0 Å². The number of ether oxygens (including phenoxy) is 1. The highest BCUT2D eigenvalue weighted by molar-refractivity contribution is 9.10. The Kier molecular flexibility index (Phi) is 6.40. The van der Waals surface area contributed by atoms with Gasteiger partial charge in [0.1, 0.15) is 0 Å². The molecule has 0 fully saturated rings. The fourth-order valence-electron chi connectivity index (χ4n) is 1.35. The predicted molar refractivity (Wildman–Crippen MR) is 80.6 cm³/mol. The molecule has 0 aromatic carbocycles. The Hall–Kier alpha value is -0.170. The van der Waals surface area contributed by atoms with Crippen LogP contribution in [0.25, 0.3) is 0 Å². The summed E-state index contributed by atoms with van der Waals surface area (Å²) < 4.78 is 6.18. The van der Waals surface area contributed by atoms with E-state index >= 15 is 0 Å². The maximum atomic E-state index is 5.33. The molecule has 6 heteroatoms. The average molecular weight is 337 g/mol. The normalized spacial score (nSPS) is 12.2. The summed E-state index contributed by atoms with van der Waals surface area (Å²) in [6.45, 7) is 3.52. The third kappa shape index (κ3) is 5.33. The lowest BCUT2D eigenvalue weighted by atomic mass is 10.4. The van der Waals surface area contributed by atoms with E-state index < -0.39 is 0 Å².